The molecule has 0 rings (SSSR count). The number of unbranched alkanes of at least 4 members (excludes halogenated alkanes) is 2. The summed E-state index contributed by atoms with van der Waals surface area (Å²) >= 11 is 0. The van der Waals surface area contributed by atoms with Gasteiger partial charge in [0.05, 0.1) is 38.1 Å². The average molecular weight is 937 g/mol. The lowest BCUT2D eigenvalue weighted by Crippen LogP contribution is -2.50. The summed E-state index contributed by atoms with van der Waals surface area (Å²) < 4.78 is 52.5. The van der Waals surface area contributed by atoms with Gasteiger partial charge in [-0.15, -0.1) is 0 Å². The second-order valence-corrected chi connectivity index (χ2v) is 18.5. The molecule has 0 aromatic rings. The van der Waals surface area contributed by atoms with Crippen molar-refractivity contribution in [1.82, 2.24) is 0 Å². The highest BCUT2D eigenvalue weighted by Gasteiger charge is 2.46. The van der Waals surface area contributed by atoms with Crippen LogP contribution >= 0.6 is 0 Å². The van der Waals surface area contributed by atoms with E-state index < -0.39 is 62.2 Å². The number of aliphatic hydroxyl groups excluding tert-OH is 1. The SMILES string of the molecule is C=C(C)C(=O)OC.C=CC(=O)OC(C)(C)C.C=CC(=O)OCCO.CCCCCC(CC(C)(CC(CCC)C(=O)OC(C)(C)C)C(=O)OC)C(=O)OCO[Si](OCC)(OCC)OCC. The van der Waals surface area contributed by atoms with Crippen molar-refractivity contribution in [3.05, 3.63) is 37.5 Å². The molecule has 374 valence electrons. The highest BCUT2D eigenvalue weighted by atomic mass is 28.4. The first-order chi connectivity index (χ1) is 29.7. The third-order valence-electron chi connectivity index (χ3n) is 7.95. The lowest BCUT2D eigenvalue weighted by atomic mass is 9.72. The second-order valence-electron chi connectivity index (χ2n) is 16.3. The van der Waals surface area contributed by atoms with Gasteiger partial charge >= 0.3 is 44.9 Å². The maximum atomic E-state index is 13.4. The summed E-state index contributed by atoms with van der Waals surface area (Å²) in [7, 11) is -0.815. The number of rotatable bonds is 27. The molecule has 0 saturated heterocycles. The van der Waals surface area contributed by atoms with Crippen LogP contribution in [0.25, 0.3) is 0 Å². The minimum Gasteiger partial charge on any atom is -0.469 e. The molecule has 3 atom stereocenters. The van der Waals surface area contributed by atoms with E-state index in [0.717, 1.165) is 37.8 Å². The monoisotopic (exact) mass is 937 g/mol. The molecule has 0 aromatic heterocycles. The van der Waals surface area contributed by atoms with Gasteiger partial charge in [0, 0.05) is 37.5 Å². The van der Waals surface area contributed by atoms with Gasteiger partial charge in [-0.05, 0) is 102 Å². The minimum atomic E-state index is -3.46. The number of carbonyl (C=O) groups is 6. The molecular formula is C46H84O17Si. The first kappa shape index (κ1) is 66.7. The standard InChI is InChI=1S/C29H56O10Si.C7H12O2.C5H8O3.C5H8O2/c1-11-16-17-19-24(25(30)34-22-38-40(35-13-3,36-14-4)37-15-5)21-29(9,27(32)33-10)20-23(18-12-2)26(31)39-28(6,7)8;1-5-6(8)9-7(2,3)4;1-2-5(7)8-4-3-6;1-4(2)5(6)7-3/h23-24H,11-22H2,1-10H3;5H,1H2,2-4H3;2,6H,1,3-4H2;1H2,2-3H3. The fraction of sp³-hybridized carbons (Fsp3) is 0.739. The van der Waals surface area contributed by atoms with Crippen molar-refractivity contribution in [3.63, 3.8) is 0 Å². The third kappa shape index (κ3) is 35.4. The summed E-state index contributed by atoms with van der Waals surface area (Å²) in [5.41, 5.74) is -1.73. The van der Waals surface area contributed by atoms with Gasteiger partial charge in [-0.1, -0.05) is 59.3 Å². The Morgan fingerprint density at radius 1 is 0.641 bits per heavy atom. The lowest BCUT2D eigenvalue weighted by molar-refractivity contribution is -0.167. The van der Waals surface area contributed by atoms with E-state index in [1.807, 2.05) is 48.5 Å². The maximum absolute atomic E-state index is 13.4. The normalized spacial score (nSPS) is 12.8. The van der Waals surface area contributed by atoms with E-state index >= 15 is 0 Å². The molecule has 0 aliphatic heterocycles. The van der Waals surface area contributed by atoms with Crippen LogP contribution in [0.1, 0.15) is 141 Å². The van der Waals surface area contributed by atoms with Gasteiger partial charge in [0.1, 0.15) is 17.8 Å². The van der Waals surface area contributed by atoms with E-state index in [9.17, 15) is 28.8 Å². The van der Waals surface area contributed by atoms with Crippen LogP contribution in [0, 0.1) is 17.3 Å². The predicted octanol–water partition coefficient (Wildman–Crippen LogP) is 7.92. The summed E-state index contributed by atoms with van der Waals surface area (Å²) in [5.74, 6) is -3.67. The van der Waals surface area contributed by atoms with Crippen LogP contribution in [0.15, 0.2) is 37.5 Å². The quantitative estimate of drug-likeness (QED) is 0.0207. The first-order valence-corrected chi connectivity index (χ1v) is 23.4. The predicted molar refractivity (Wildman–Crippen MR) is 245 cm³/mol. The number of ether oxygens (including phenoxy) is 6. The van der Waals surface area contributed by atoms with Crippen molar-refractivity contribution in [1.29, 1.82) is 0 Å². The Labute approximate surface area is 385 Å². The van der Waals surface area contributed by atoms with Crippen LogP contribution in [0.4, 0.5) is 0 Å². The van der Waals surface area contributed by atoms with Crippen molar-refractivity contribution in [2.75, 3.05) is 54.0 Å². The smallest absolute Gasteiger partial charge is 0.469 e. The number of aliphatic hydroxyl groups is 1. The molecular weight excluding hydrogens is 853 g/mol. The molecule has 17 nitrogen and oxygen atoms in total. The third-order valence-corrected chi connectivity index (χ3v) is 10.3. The van der Waals surface area contributed by atoms with Gasteiger partial charge in [-0.2, -0.15) is 0 Å². The van der Waals surface area contributed by atoms with Crippen molar-refractivity contribution >= 4 is 44.9 Å². The number of hydrogen-bond acceptors (Lipinski definition) is 17. The summed E-state index contributed by atoms with van der Waals surface area (Å²) in [6.45, 7) is 33.9. The molecule has 18 heteroatoms. The van der Waals surface area contributed by atoms with Gasteiger partial charge in [0.2, 0.25) is 0 Å². The molecule has 0 heterocycles. The Morgan fingerprint density at radius 2 is 1.12 bits per heavy atom. The van der Waals surface area contributed by atoms with Gasteiger partial charge in [0.15, 0.2) is 6.79 Å². The maximum Gasteiger partial charge on any atom is 0.682 e. The molecule has 1 N–H and O–H groups in total. The number of methoxy groups -OCH3 is 2. The van der Waals surface area contributed by atoms with Crippen molar-refractivity contribution in [3.8, 4) is 0 Å². The van der Waals surface area contributed by atoms with Crippen LogP contribution in [0.5, 0.6) is 0 Å². The number of hydrogen-bond donors (Lipinski definition) is 1. The lowest BCUT2D eigenvalue weighted by Gasteiger charge is -2.34. The molecule has 0 aliphatic carbocycles. The summed E-state index contributed by atoms with van der Waals surface area (Å²) in [4.78, 5) is 70.3. The van der Waals surface area contributed by atoms with Crippen molar-refractivity contribution in [2.45, 2.75) is 153 Å². The Morgan fingerprint density at radius 3 is 1.45 bits per heavy atom. The zero-order chi connectivity index (χ0) is 50.6. The summed E-state index contributed by atoms with van der Waals surface area (Å²) in [6, 6.07) is 0. The zero-order valence-corrected chi connectivity index (χ0v) is 42.8. The van der Waals surface area contributed by atoms with E-state index in [0.29, 0.717) is 38.2 Å². The Bertz CT molecular complexity index is 1350. The molecule has 0 fully saturated rings. The highest BCUT2D eigenvalue weighted by Crippen LogP contribution is 2.39. The van der Waals surface area contributed by atoms with Crippen LogP contribution in [0.3, 0.4) is 0 Å². The largest absolute Gasteiger partial charge is 0.682 e. The Hall–Kier alpha value is -3.94. The van der Waals surface area contributed by atoms with Crippen molar-refractivity contribution in [2.24, 2.45) is 17.3 Å². The molecule has 3 unspecified atom stereocenters. The highest BCUT2D eigenvalue weighted by molar-refractivity contribution is 6.53. The molecule has 0 aromatic carbocycles. The molecule has 0 spiro atoms. The molecule has 0 aliphatic rings. The van der Waals surface area contributed by atoms with Gasteiger partial charge in [-0.25, -0.2) is 14.4 Å². The Balaban J connectivity index is -0.000000600. The van der Waals surface area contributed by atoms with E-state index in [4.69, 9.17) is 41.8 Å². The summed E-state index contributed by atoms with van der Waals surface area (Å²) in [6.07, 6.45) is 7.08. The molecule has 0 saturated carbocycles. The second kappa shape index (κ2) is 37.3. The van der Waals surface area contributed by atoms with Crippen LogP contribution in [-0.2, 0) is 74.9 Å². The van der Waals surface area contributed by atoms with Gasteiger partial charge in [-0.3, -0.25) is 14.4 Å². The fourth-order valence-electron chi connectivity index (χ4n) is 5.35. The van der Waals surface area contributed by atoms with Gasteiger partial charge in [0.25, 0.3) is 0 Å². The minimum absolute atomic E-state index is 0.0465. The first-order valence-electron chi connectivity index (χ1n) is 21.7. The van der Waals surface area contributed by atoms with Gasteiger partial charge < -0.3 is 51.2 Å². The number of carbonyl (C=O) groups excluding carboxylic acids is 6. The van der Waals surface area contributed by atoms with Crippen LogP contribution < -0.4 is 0 Å². The van der Waals surface area contributed by atoms with E-state index in [1.54, 1.807) is 34.6 Å². The van der Waals surface area contributed by atoms with E-state index in [2.05, 4.69) is 36.1 Å². The van der Waals surface area contributed by atoms with E-state index in [-0.39, 0.29) is 44.0 Å². The van der Waals surface area contributed by atoms with E-state index in [1.165, 1.54) is 14.2 Å². The fourth-order valence-corrected chi connectivity index (χ4v) is 7.11. The molecule has 0 radical (unpaired) electrons. The topological polar surface area (TPSA) is 215 Å². The molecule has 0 amide bonds. The Kier molecular flexibility index (Phi) is 38.8. The molecule has 0 bridgehead atoms. The van der Waals surface area contributed by atoms with Crippen LogP contribution in [-0.4, -0.2) is 115 Å². The van der Waals surface area contributed by atoms with Crippen LogP contribution in [0.2, 0.25) is 0 Å². The average Bonchev–Trinajstić information content (AvgIpc) is 3.21. The summed E-state index contributed by atoms with van der Waals surface area (Å²) in [5, 5.41) is 8.10. The molecule has 64 heavy (non-hydrogen) atoms. The number of esters is 6. The van der Waals surface area contributed by atoms with Crippen molar-refractivity contribution < 1.29 is 80.0 Å². The zero-order valence-electron chi connectivity index (χ0n) is 41.8.